The molecule has 18 heavy (non-hydrogen) atoms. The molecule has 3 atom stereocenters. The Hall–Kier alpha value is -1.10. The quantitative estimate of drug-likeness (QED) is 0.683. The zero-order valence-corrected chi connectivity index (χ0v) is 11.4. The maximum Gasteiger partial charge on any atom is 0.307 e. The van der Waals surface area contributed by atoms with E-state index in [4.69, 9.17) is 5.73 Å². The number of carbonyl (C=O) groups excluding carboxylic acids is 1. The van der Waals surface area contributed by atoms with Crippen LogP contribution in [0.15, 0.2) is 0 Å². The normalized spacial score (nSPS) is 30.9. The van der Waals surface area contributed by atoms with Crippen molar-refractivity contribution in [1.29, 1.82) is 0 Å². The fraction of sp³-hybridized carbons (Fsp3) is 0.846. The number of carboxylic acids is 1. The number of carbonyl (C=O) groups is 2. The number of aliphatic carboxylic acids is 1. The topological polar surface area (TPSA) is 92.4 Å². The van der Waals surface area contributed by atoms with Gasteiger partial charge in [-0.25, -0.2) is 0 Å². The van der Waals surface area contributed by atoms with Crippen molar-refractivity contribution in [3.05, 3.63) is 0 Å². The van der Waals surface area contributed by atoms with Gasteiger partial charge in [-0.05, 0) is 24.2 Å². The molecule has 0 aromatic rings. The predicted molar refractivity (Wildman–Crippen MR) is 68.9 cm³/mol. The molecule has 1 aliphatic rings. The molecule has 1 saturated carbocycles. The fourth-order valence-electron chi connectivity index (χ4n) is 2.91. The summed E-state index contributed by atoms with van der Waals surface area (Å²) in [7, 11) is 0. The first-order chi connectivity index (χ1) is 8.26. The van der Waals surface area contributed by atoms with Gasteiger partial charge in [0.1, 0.15) is 0 Å². The molecule has 0 saturated heterocycles. The van der Waals surface area contributed by atoms with E-state index in [1.807, 2.05) is 13.8 Å². The van der Waals surface area contributed by atoms with Crippen molar-refractivity contribution in [2.24, 2.45) is 23.0 Å². The minimum absolute atomic E-state index is 0.242. The van der Waals surface area contributed by atoms with Crippen LogP contribution in [0.5, 0.6) is 0 Å². The lowest BCUT2D eigenvalue weighted by Crippen LogP contribution is -2.51. The minimum atomic E-state index is -0.706. The Bertz CT molecular complexity index is 326. The molecule has 1 rings (SSSR count). The summed E-state index contributed by atoms with van der Waals surface area (Å²) >= 11 is 0. The minimum Gasteiger partial charge on any atom is -0.481 e. The molecule has 1 amide bonds. The maximum atomic E-state index is 11.2. The van der Waals surface area contributed by atoms with E-state index in [0.717, 1.165) is 6.42 Å². The number of amides is 1. The second kappa shape index (κ2) is 5.69. The predicted octanol–water partition coefficient (Wildman–Crippen LogP) is 0.977. The summed E-state index contributed by atoms with van der Waals surface area (Å²) in [5.41, 5.74) is 4.86. The van der Waals surface area contributed by atoms with E-state index in [-0.39, 0.29) is 29.2 Å². The Labute approximate surface area is 108 Å². The Morgan fingerprint density at radius 1 is 1.39 bits per heavy atom. The van der Waals surface area contributed by atoms with Gasteiger partial charge in [-0.1, -0.05) is 20.8 Å². The molecule has 0 bridgehead atoms. The van der Waals surface area contributed by atoms with Gasteiger partial charge in [0.05, 0.1) is 5.92 Å². The molecule has 0 heterocycles. The Balaban J connectivity index is 2.60. The summed E-state index contributed by atoms with van der Waals surface area (Å²) in [5.74, 6) is -1.06. The van der Waals surface area contributed by atoms with Crippen molar-refractivity contribution in [1.82, 2.24) is 5.32 Å². The van der Waals surface area contributed by atoms with Crippen LogP contribution in [-0.4, -0.2) is 29.6 Å². The van der Waals surface area contributed by atoms with E-state index in [2.05, 4.69) is 12.2 Å². The van der Waals surface area contributed by atoms with Gasteiger partial charge < -0.3 is 16.2 Å². The van der Waals surface area contributed by atoms with E-state index in [1.54, 1.807) is 0 Å². The van der Waals surface area contributed by atoms with Crippen molar-refractivity contribution in [3.8, 4) is 0 Å². The van der Waals surface area contributed by atoms with E-state index >= 15 is 0 Å². The van der Waals surface area contributed by atoms with Gasteiger partial charge >= 0.3 is 5.97 Å². The number of hydrogen-bond acceptors (Lipinski definition) is 3. The second-order valence-corrected chi connectivity index (χ2v) is 5.86. The van der Waals surface area contributed by atoms with Crippen LogP contribution in [0.3, 0.4) is 0 Å². The molecular weight excluding hydrogens is 232 g/mol. The average Bonchev–Trinajstić information content (AvgIpc) is 2.23. The molecule has 1 fully saturated rings. The molecule has 5 heteroatoms. The first kappa shape index (κ1) is 15.0. The van der Waals surface area contributed by atoms with E-state index in [9.17, 15) is 14.7 Å². The van der Waals surface area contributed by atoms with Crippen LogP contribution in [0.2, 0.25) is 0 Å². The van der Waals surface area contributed by atoms with Crippen LogP contribution in [0, 0.1) is 17.3 Å². The Kier molecular flexibility index (Phi) is 4.73. The Morgan fingerprint density at radius 2 is 2.00 bits per heavy atom. The first-order valence-electron chi connectivity index (χ1n) is 6.51. The van der Waals surface area contributed by atoms with Crippen LogP contribution in [-0.2, 0) is 9.59 Å². The second-order valence-electron chi connectivity index (χ2n) is 5.86. The molecule has 0 radical (unpaired) electrons. The Morgan fingerprint density at radius 3 is 2.50 bits per heavy atom. The van der Waals surface area contributed by atoms with Gasteiger partial charge in [-0.2, -0.15) is 0 Å². The smallest absolute Gasteiger partial charge is 0.307 e. The first-order valence-corrected chi connectivity index (χ1v) is 6.51. The number of rotatable bonds is 5. The van der Waals surface area contributed by atoms with Crippen molar-refractivity contribution < 1.29 is 14.7 Å². The third kappa shape index (κ3) is 3.22. The summed E-state index contributed by atoms with van der Waals surface area (Å²) in [6.45, 7) is 6.67. The van der Waals surface area contributed by atoms with Crippen LogP contribution in [0.1, 0.15) is 40.0 Å². The number of nitrogens with two attached hydrogens (primary N) is 1. The highest BCUT2D eigenvalue weighted by Gasteiger charge is 2.45. The van der Waals surface area contributed by atoms with Crippen molar-refractivity contribution in [2.45, 2.75) is 46.1 Å². The number of primary amides is 1. The van der Waals surface area contributed by atoms with Crippen molar-refractivity contribution in [2.75, 3.05) is 6.54 Å². The van der Waals surface area contributed by atoms with Gasteiger partial charge in [0, 0.05) is 19.0 Å². The van der Waals surface area contributed by atoms with E-state index in [1.165, 1.54) is 0 Å². The van der Waals surface area contributed by atoms with E-state index < -0.39 is 5.97 Å². The van der Waals surface area contributed by atoms with Crippen LogP contribution >= 0.6 is 0 Å². The van der Waals surface area contributed by atoms with Gasteiger partial charge in [0.2, 0.25) is 5.91 Å². The molecule has 104 valence electrons. The maximum absolute atomic E-state index is 11.2. The highest BCUT2D eigenvalue weighted by atomic mass is 16.4. The van der Waals surface area contributed by atoms with Crippen molar-refractivity contribution in [3.63, 3.8) is 0 Å². The van der Waals surface area contributed by atoms with Gasteiger partial charge in [0.25, 0.3) is 0 Å². The SMILES string of the molecule is CC1C(NCCC(N)=O)CCC(C(=O)O)C1(C)C. The lowest BCUT2D eigenvalue weighted by molar-refractivity contribution is -0.150. The number of carboxylic acid groups (broad SMARTS) is 1. The van der Waals surface area contributed by atoms with Crippen LogP contribution < -0.4 is 11.1 Å². The third-order valence-electron chi connectivity index (χ3n) is 4.52. The van der Waals surface area contributed by atoms with E-state index in [0.29, 0.717) is 19.4 Å². The van der Waals surface area contributed by atoms with Gasteiger partial charge in [-0.15, -0.1) is 0 Å². The molecule has 0 aromatic carbocycles. The van der Waals surface area contributed by atoms with Crippen LogP contribution in [0.25, 0.3) is 0 Å². The highest BCUT2D eigenvalue weighted by molar-refractivity contribution is 5.73. The summed E-state index contributed by atoms with van der Waals surface area (Å²) in [6.07, 6.45) is 1.84. The fourth-order valence-corrected chi connectivity index (χ4v) is 2.91. The molecule has 0 aliphatic heterocycles. The molecule has 0 aromatic heterocycles. The molecule has 4 N–H and O–H groups in total. The molecular formula is C13H24N2O3. The monoisotopic (exact) mass is 256 g/mol. The zero-order chi connectivity index (χ0) is 13.9. The summed E-state index contributed by atoms with van der Waals surface area (Å²) in [6, 6.07) is 0.259. The highest BCUT2D eigenvalue weighted by Crippen LogP contribution is 2.44. The average molecular weight is 256 g/mol. The van der Waals surface area contributed by atoms with Crippen molar-refractivity contribution >= 4 is 11.9 Å². The number of hydrogen-bond donors (Lipinski definition) is 3. The van der Waals surface area contributed by atoms with Crippen LogP contribution in [0.4, 0.5) is 0 Å². The third-order valence-corrected chi connectivity index (χ3v) is 4.52. The van der Waals surface area contributed by atoms with Gasteiger partial charge in [0.15, 0.2) is 0 Å². The molecule has 0 spiro atoms. The summed E-state index contributed by atoms with van der Waals surface area (Å²) < 4.78 is 0. The molecule has 5 nitrogen and oxygen atoms in total. The summed E-state index contributed by atoms with van der Waals surface area (Å²) in [4.78, 5) is 21.9. The number of nitrogens with one attached hydrogen (secondary N) is 1. The molecule has 1 aliphatic carbocycles. The lowest BCUT2D eigenvalue weighted by Gasteiger charge is -2.46. The lowest BCUT2D eigenvalue weighted by atomic mass is 9.61. The summed E-state index contributed by atoms with van der Waals surface area (Å²) in [5, 5.41) is 12.6. The largest absolute Gasteiger partial charge is 0.481 e. The standard InChI is InChI=1S/C13H24N2O3/c1-8-10(15-7-6-11(14)16)5-4-9(12(17)18)13(8,2)3/h8-10,15H,4-7H2,1-3H3,(H2,14,16)(H,17,18). The van der Waals surface area contributed by atoms with Gasteiger partial charge in [-0.3, -0.25) is 9.59 Å². The zero-order valence-electron chi connectivity index (χ0n) is 11.4. The molecule has 3 unspecified atom stereocenters.